The molecule has 3 aromatic rings. The summed E-state index contributed by atoms with van der Waals surface area (Å²) in [5.41, 5.74) is 3.37. The topological polar surface area (TPSA) is 70.7 Å². The minimum absolute atomic E-state index is 0.230. The van der Waals surface area contributed by atoms with Crippen molar-refractivity contribution in [3.05, 3.63) is 59.0 Å². The van der Waals surface area contributed by atoms with E-state index >= 15 is 0 Å². The fourth-order valence-corrected chi connectivity index (χ4v) is 6.48. The van der Waals surface area contributed by atoms with Crippen molar-refractivity contribution in [3.63, 3.8) is 0 Å². The van der Waals surface area contributed by atoms with E-state index in [1.807, 2.05) is 31.2 Å². The number of ether oxygens (including phenoxy) is 1. The van der Waals surface area contributed by atoms with Gasteiger partial charge in [-0.2, -0.15) is 0 Å². The largest absolute Gasteiger partial charge is 0.495 e. The Balaban J connectivity index is 1.63. The Morgan fingerprint density at radius 3 is 2.36 bits per heavy atom. The van der Waals surface area contributed by atoms with E-state index in [4.69, 9.17) is 4.74 Å². The van der Waals surface area contributed by atoms with E-state index in [0.29, 0.717) is 23.5 Å². The number of thiophene rings is 1. The molecule has 0 aliphatic carbocycles. The van der Waals surface area contributed by atoms with Crippen molar-refractivity contribution in [2.75, 3.05) is 29.8 Å². The van der Waals surface area contributed by atoms with Gasteiger partial charge >= 0.3 is 0 Å². The number of benzene rings is 2. The summed E-state index contributed by atoms with van der Waals surface area (Å²) in [6.45, 7) is 10.0. The predicted molar refractivity (Wildman–Crippen MR) is 137 cm³/mol. The first-order chi connectivity index (χ1) is 15.7. The highest BCUT2D eigenvalue weighted by molar-refractivity contribution is 7.92. The molecule has 8 heteroatoms. The van der Waals surface area contributed by atoms with Crippen molar-refractivity contribution >= 4 is 32.7 Å². The quantitative estimate of drug-likeness (QED) is 0.513. The molecule has 4 rings (SSSR count). The summed E-state index contributed by atoms with van der Waals surface area (Å²) >= 11 is 1.70. The van der Waals surface area contributed by atoms with Crippen LogP contribution >= 0.6 is 11.3 Å². The highest BCUT2D eigenvalue weighted by atomic mass is 32.2. The Kier molecular flexibility index (Phi) is 6.70. The molecule has 1 aliphatic rings. The predicted octanol–water partition coefficient (Wildman–Crippen LogP) is 5.03. The summed E-state index contributed by atoms with van der Waals surface area (Å²) in [6.07, 6.45) is 0. The maximum absolute atomic E-state index is 13.3. The van der Waals surface area contributed by atoms with E-state index in [0.717, 1.165) is 34.8 Å². The summed E-state index contributed by atoms with van der Waals surface area (Å²) in [6, 6.07) is 15.8. The van der Waals surface area contributed by atoms with Gasteiger partial charge < -0.3 is 15.0 Å². The molecule has 2 atom stereocenters. The molecule has 2 N–H and O–H groups in total. The van der Waals surface area contributed by atoms with Gasteiger partial charge in [-0.25, -0.2) is 8.42 Å². The van der Waals surface area contributed by atoms with Crippen molar-refractivity contribution in [3.8, 4) is 16.2 Å². The SMILES string of the molecule is COc1ccc(N2CC(C)NC(C)C2)cc1NS(=O)(=O)c1ccc(-c2ccc(C)s2)c(C)c1. The maximum Gasteiger partial charge on any atom is 0.262 e. The molecule has 33 heavy (non-hydrogen) atoms. The zero-order valence-corrected chi connectivity index (χ0v) is 21.3. The third-order valence-electron chi connectivity index (χ3n) is 5.86. The Bertz CT molecular complexity index is 1240. The van der Waals surface area contributed by atoms with Crippen molar-refractivity contribution < 1.29 is 13.2 Å². The number of methoxy groups -OCH3 is 1. The molecule has 0 bridgehead atoms. The molecule has 0 spiro atoms. The molecular formula is C25H31N3O3S2. The van der Waals surface area contributed by atoms with Crippen molar-refractivity contribution in [1.82, 2.24) is 5.32 Å². The Morgan fingerprint density at radius 1 is 1.03 bits per heavy atom. The third kappa shape index (κ3) is 5.18. The minimum Gasteiger partial charge on any atom is -0.495 e. The lowest BCUT2D eigenvalue weighted by Crippen LogP contribution is -2.54. The average Bonchev–Trinajstić information content (AvgIpc) is 3.18. The molecule has 2 aromatic carbocycles. The van der Waals surface area contributed by atoms with Crippen LogP contribution in [0.4, 0.5) is 11.4 Å². The highest BCUT2D eigenvalue weighted by Crippen LogP contribution is 2.34. The lowest BCUT2D eigenvalue weighted by molar-refractivity contribution is 0.406. The van der Waals surface area contributed by atoms with Gasteiger partial charge in [0.25, 0.3) is 10.0 Å². The molecule has 2 unspecified atom stereocenters. The molecule has 0 saturated carbocycles. The van der Waals surface area contributed by atoms with Gasteiger partial charge in [0, 0.05) is 40.6 Å². The van der Waals surface area contributed by atoms with E-state index in [-0.39, 0.29) is 4.90 Å². The summed E-state index contributed by atoms with van der Waals surface area (Å²) in [5.74, 6) is 0.487. The van der Waals surface area contributed by atoms with Crippen molar-refractivity contribution in [2.24, 2.45) is 0 Å². The normalized spacial score (nSPS) is 18.9. The first-order valence-electron chi connectivity index (χ1n) is 11.1. The Labute approximate surface area is 200 Å². The van der Waals surface area contributed by atoms with Crippen LogP contribution in [0, 0.1) is 13.8 Å². The van der Waals surface area contributed by atoms with E-state index in [1.165, 1.54) is 4.88 Å². The summed E-state index contributed by atoms with van der Waals surface area (Å²) in [5, 5.41) is 3.52. The summed E-state index contributed by atoms with van der Waals surface area (Å²) < 4.78 is 34.8. The second kappa shape index (κ2) is 9.37. The molecule has 1 aliphatic heterocycles. The van der Waals surface area contributed by atoms with E-state index in [9.17, 15) is 8.42 Å². The van der Waals surface area contributed by atoms with Crippen LogP contribution in [0.2, 0.25) is 0 Å². The van der Waals surface area contributed by atoms with E-state index < -0.39 is 10.0 Å². The standard InChI is InChI=1S/C25H31N3O3S2/c1-16-12-21(8-9-22(16)25-11-6-19(4)32-25)33(29,30)27-23-13-20(7-10-24(23)31-5)28-14-17(2)26-18(3)15-28/h6-13,17-18,26-27H,14-15H2,1-5H3. The average molecular weight is 486 g/mol. The Morgan fingerprint density at radius 2 is 1.76 bits per heavy atom. The lowest BCUT2D eigenvalue weighted by atomic mass is 10.1. The van der Waals surface area contributed by atoms with Crippen LogP contribution in [0.3, 0.4) is 0 Å². The van der Waals surface area contributed by atoms with Gasteiger partial charge in [-0.3, -0.25) is 4.72 Å². The van der Waals surface area contributed by atoms with Crippen LogP contribution in [-0.2, 0) is 10.0 Å². The number of hydrogen-bond acceptors (Lipinski definition) is 6. The van der Waals surface area contributed by atoms with Crippen LogP contribution in [0.5, 0.6) is 5.75 Å². The molecule has 0 amide bonds. The van der Waals surface area contributed by atoms with Crippen LogP contribution in [0.25, 0.3) is 10.4 Å². The number of aryl methyl sites for hydroxylation is 2. The van der Waals surface area contributed by atoms with Gasteiger partial charge in [0.15, 0.2) is 0 Å². The van der Waals surface area contributed by atoms with Crippen LogP contribution in [0.15, 0.2) is 53.4 Å². The maximum atomic E-state index is 13.3. The molecule has 176 valence electrons. The number of rotatable bonds is 6. The molecule has 6 nitrogen and oxygen atoms in total. The first kappa shape index (κ1) is 23.6. The monoisotopic (exact) mass is 485 g/mol. The second-order valence-electron chi connectivity index (χ2n) is 8.75. The fourth-order valence-electron chi connectivity index (χ4n) is 4.37. The number of hydrogen-bond donors (Lipinski definition) is 2. The smallest absolute Gasteiger partial charge is 0.262 e. The summed E-state index contributed by atoms with van der Waals surface area (Å²) in [4.78, 5) is 4.86. The number of sulfonamides is 1. The zero-order chi connectivity index (χ0) is 23.8. The summed E-state index contributed by atoms with van der Waals surface area (Å²) in [7, 11) is -2.24. The molecule has 1 aromatic heterocycles. The van der Waals surface area contributed by atoms with Gasteiger partial charge in [-0.1, -0.05) is 6.07 Å². The van der Waals surface area contributed by atoms with Crippen LogP contribution in [-0.4, -0.2) is 40.7 Å². The van der Waals surface area contributed by atoms with Crippen molar-refractivity contribution in [1.29, 1.82) is 0 Å². The zero-order valence-electron chi connectivity index (χ0n) is 19.7. The lowest BCUT2D eigenvalue weighted by Gasteiger charge is -2.38. The molecular weight excluding hydrogens is 454 g/mol. The molecule has 1 saturated heterocycles. The van der Waals surface area contributed by atoms with Gasteiger partial charge in [0.05, 0.1) is 17.7 Å². The van der Waals surface area contributed by atoms with Gasteiger partial charge in [-0.15, -0.1) is 11.3 Å². The Hall–Kier alpha value is -2.55. The third-order valence-corrected chi connectivity index (χ3v) is 8.26. The second-order valence-corrected chi connectivity index (χ2v) is 11.7. The van der Waals surface area contributed by atoms with Crippen LogP contribution < -0.4 is 19.7 Å². The fraction of sp³-hybridized carbons (Fsp3) is 0.360. The van der Waals surface area contributed by atoms with E-state index in [2.05, 4.69) is 47.8 Å². The minimum atomic E-state index is -3.79. The highest BCUT2D eigenvalue weighted by Gasteiger charge is 2.23. The van der Waals surface area contributed by atoms with Crippen molar-refractivity contribution in [2.45, 2.75) is 44.7 Å². The van der Waals surface area contributed by atoms with Gasteiger partial charge in [0.1, 0.15) is 5.75 Å². The molecule has 0 radical (unpaired) electrons. The number of nitrogens with zero attached hydrogens (tertiary/aromatic N) is 1. The number of piperazine rings is 1. The molecule has 2 heterocycles. The number of anilines is 2. The first-order valence-corrected chi connectivity index (χ1v) is 13.4. The molecule has 1 fully saturated rings. The van der Waals surface area contributed by atoms with Crippen LogP contribution in [0.1, 0.15) is 24.3 Å². The van der Waals surface area contributed by atoms with Gasteiger partial charge in [0.2, 0.25) is 0 Å². The number of nitrogens with one attached hydrogen (secondary N) is 2. The van der Waals surface area contributed by atoms with E-state index in [1.54, 1.807) is 30.6 Å². The van der Waals surface area contributed by atoms with Gasteiger partial charge in [-0.05, 0) is 81.3 Å².